The molecule has 9 nitrogen and oxygen atoms in total. The molecule has 4 rings (SSSR count). The second-order valence-corrected chi connectivity index (χ2v) is 5.87. The van der Waals surface area contributed by atoms with Crippen molar-refractivity contribution in [1.82, 2.24) is 19.6 Å². The van der Waals surface area contributed by atoms with Crippen LogP contribution < -0.4 is 9.47 Å². The number of nitro benzene ring substituents is 1. The fourth-order valence-corrected chi connectivity index (χ4v) is 3.05. The van der Waals surface area contributed by atoms with Gasteiger partial charge < -0.3 is 9.47 Å². The number of nitro groups is 1. The zero-order chi connectivity index (χ0) is 19.1. The Hall–Kier alpha value is -3.75. The van der Waals surface area contributed by atoms with Crippen molar-refractivity contribution in [3.63, 3.8) is 0 Å². The number of ether oxygens (including phenoxy) is 2. The quantitative estimate of drug-likeness (QED) is 0.404. The van der Waals surface area contributed by atoms with Crippen LogP contribution in [0.2, 0.25) is 0 Å². The Morgan fingerprint density at radius 1 is 1.04 bits per heavy atom. The second kappa shape index (κ2) is 6.20. The highest BCUT2D eigenvalue weighted by Crippen LogP contribution is 2.34. The first-order chi connectivity index (χ1) is 13.0. The Kier molecular flexibility index (Phi) is 3.84. The fraction of sp³-hybridized carbons (Fsp3) is 0.167. The predicted molar refractivity (Wildman–Crippen MR) is 98.2 cm³/mol. The lowest BCUT2D eigenvalue weighted by atomic mass is 10.2. The van der Waals surface area contributed by atoms with Crippen LogP contribution in [0.3, 0.4) is 0 Å². The number of aromatic nitrogens is 4. The number of benzene rings is 2. The third kappa shape index (κ3) is 2.60. The van der Waals surface area contributed by atoms with Crippen molar-refractivity contribution < 1.29 is 14.4 Å². The van der Waals surface area contributed by atoms with Crippen molar-refractivity contribution in [2.45, 2.75) is 6.92 Å². The van der Waals surface area contributed by atoms with Gasteiger partial charge in [-0.05, 0) is 25.1 Å². The molecule has 2 aromatic heterocycles. The van der Waals surface area contributed by atoms with Gasteiger partial charge >= 0.3 is 0 Å². The third-order valence-corrected chi connectivity index (χ3v) is 4.35. The summed E-state index contributed by atoms with van der Waals surface area (Å²) in [4.78, 5) is 15.1. The summed E-state index contributed by atoms with van der Waals surface area (Å²) in [7, 11) is 3.13. The van der Waals surface area contributed by atoms with E-state index >= 15 is 0 Å². The smallest absolute Gasteiger partial charge is 0.269 e. The summed E-state index contributed by atoms with van der Waals surface area (Å²) >= 11 is 0. The van der Waals surface area contributed by atoms with Crippen LogP contribution in [-0.2, 0) is 0 Å². The molecule has 9 heteroatoms. The summed E-state index contributed by atoms with van der Waals surface area (Å²) in [5.41, 5.74) is 2.05. The fourth-order valence-electron chi connectivity index (χ4n) is 3.05. The van der Waals surface area contributed by atoms with Crippen LogP contribution in [0.5, 0.6) is 11.5 Å². The molecule has 0 spiro atoms. The first-order valence-electron chi connectivity index (χ1n) is 8.05. The van der Waals surface area contributed by atoms with Crippen molar-refractivity contribution in [2.75, 3.05) is 14.2 Å². The predicted octanol–water partition coefficient (Wildman–Crippen LogP) is 3.18. The third-order valence-electron chi connectivity index (χ3n) is 4.35. The van der Waals surface area contributed by atoms with Crippen LogP contribution in [0.1, 0.15) is 5.82 Å². The molecular weight excluding hydrogens is 350 g/mol. The molecule has 0 aliphatic rings. The topological polar surface area (TPSA) is 105 Å². The zero-order valence-corrected chi connectivity index (χ0v) is 14.8. The normalized spacial score (nSPS) is 11.1. The minimum Gasteiger partial charge on any atom is -0.493 e. The van der Waals surface area contributed by atoms with Crippen molar-refractivity contribution in [1.29, 1.82) is 0 Å². The van der Waals surface area contributed by atoms with E-state index in [4.69, 9.17) is 9.47 Å². The van der Waals surface area contributed by atoms with Gasteiger partial charge in [0.05, 0.1) is 24.7 Å². The molecule has 0 saturated heterocycles. The van der Waals surface area contributed by atoms with E-state index in [0.717, 1.165) is 5.39 Å². The second-order valence-electron chi connectivity index (χ2n) is 5.87. The lowest BCUT2D eigenvalue weighted by Gasteiger charge is -2.11. The minimum absolute atomic E-state index is 0.0182. The first-order valence-corrected chi connectivity index (χ1v) is 8.05. The molecule has 0 saturated carbocycles. The average Bonchev–Trinajstić information content (AvgIpc) is 3.13. The number of fused-ring (bicyclic) bond motifs is 3. The number of hydrogen-bond donors (Lipinski definition) is 0. The van der Waals surface area contributed by atoms with E-state index in [1.165, 1.54) is 12.1 Å². The van der Waals surface area contributed by atoms with E-state index in [1.807, 2.05) is 17.4 Å². The van der Waals surface area contributed by atoms with Gasteiger partial charge in [-0.25, -0.2) is 4.98 Å². The Balaban J connectivity index is 1.97. The van der Waals surface area contributed by atoms with Crippen LogP contribution in [0.15, 0.2) is 36.4 Å². The molecule has 0 atom stereocenters. The van der Waals surface area contributed by atoms with Crippen LogP contribution in [-0.4, -0.2) is 38.7 Å². The molecule has 27 heavy (non-hydrogen) atoms. The van der Waals surface area contributed by atoms with E-state index in [1.54, 1.807) is 32.4 Å². The molecule has 0 amide bonds. The number of non-ortho nitro benzene ring substituents is 1. The van der Waals surface area contributed by atoms with Gasteiger partial charge in [0.25, 0.3) is 5.69 Å². The van der Waals surface area contributed by atoms with Gasteiger partial charge in [0.2, 0.25) is 0 Å². The summed E-state index contributed by atoms with van der Waals surface area (Å²) in [6.45, 7) is 1.85. The molecular formula is C18H15N5O4. The van der Waals surface area contributed by atoms with Gasteiger partial charge in [0.15, 0.2) is 23.0 Å². The van der Waals surface area contributed by atoms with Crippen LogP contribution in [0.4, 0.5) is 5.69 Å². The monoisotopic (exact) mass is 365 g/mol. The summed E-state index contributed by atoms with van der Waals surface area (Å²) in [5, 5.41) is 20.2. The highest BCUT2D eigenvalue weighted by molar-refractivity contribution is 5.94. The summed E-state index contributed by atoms with van der Waals surface area (Å²) < 4.78 is 12.5. The molecule has 0 aliphatic heterocycles. The molecule has 0 unspecified atom stereocenters. The van der Waals surface area contributed by atoms with Crippen molar-refractivity contribution in [3.8, 4) is 22.9 Å². The van der Waals surface area contributed by atoms with E-state index in [2.05, 4.69) is 15.2 Å². The van der Waals surface area contributed by atoms with Crippen molar-refractivity contribution in [2.24, 2.45) is 0 Å². The molecule has 136 valence electrons. The van der Waals surface area contributed by atoms with Crippen LogP contribution >= 0.6 is 0 Å². The Bertz CT molecular complexity index is 1180. The maximum absolute atomic E-state index is 10.9. The minimum atomic E-state index is -0.439. The number of rotatable bonds is 4. The van der Waals surface area contributed by atoms with E-state index in [-0.39, 0.29) is 5.69 Å². The van der Waals surface area contributed by atoms with E-state index in [9.17, 15) is 10.1 Å². The Morgan fingerprint density at radius 3 is 2.33 bits per heavy atom. The molecule has 4 aromatic rings. The van der Waals surface area contributed by atoms with Gasteiger partial charge in [-0.3, -0.25) is 14.5 Å². The van der Waals surface area contributed by atoms with Crippen LogP contribution in [0.25, 0.3) is 27.9 Å². The Labute approximate surface area is 153 Å². The maximum atomic E-state index is 10.9. The first kappa shape index (κ1) is 16.7. The average molecular weight is 365 g/mol. The summed E-state index contributed by atoms with van der Waals surface area (Å²) in [5.74, 6) is 2.39. The zero-order valence-electron chi connectivity index (χ0n) is 14.8. The molecule has 0 bridgehead atoms. The van der Waals surface area contributed by atoms with Crippen molar-refractivity contribution in [3.05, 3.63) is 52.3 Å². The molecule has 2 aromatic carbocycles. The summed E-state index contributed by atoms with van der Waals surface area (Å²) in [6, 6.07) is 9.77. The highest BCUT2D eigenvalue weighted by Gasteiger charge is 2.17. The SMILES string of the molecule is COc1cc2nc(C)n3c(-c4ccc([N+](=O)[O-])cc4)nnc3c2cc1OC. The van der Waals surface area contributed by atoms with Gasteiger partial charge in [0.1, 0.15) is 5.82 Å². The van der Waals surface area contributed by atoms with Gasteiger partial charge in [0, 0.05) is 29.1 Å². The largest absolute Gasteiger partial charge is 0.493 e. The van der Waals surface area contributed by atoms with E-state index < -0.39 is 4.92 Å². The number of hydrogen-bond acceptors (Lipinski definition) is 7. The number of methoxy groups -OCH3 is 2. The highest BCUT2D eigenvalue weighted by atomic mass is 16.6. The van der Waals surface area contributed by atoms with Gasteiger partial charge in [-0.2, -0.15) is 0 Å². The van der Waals surface area contributed by atoms with Crippen molar-refractivity contribution >= 4 is 22.2 Å². The molecule has 0 fully saturated rings. The number of nitrogens with zero attached hydrogens (tertiary/aromatic N) is 5. The molecule has 0 aliphatic carbocycles. The number of aryl methyl sites for hydroxylation is 1. The Morgan fingerprint density at radius 2 is 1.70 bits per heavy atom. The van der Waals surface area contributed by atoms with Gasteiger partial charge in [-0.15, -0.1) is 10.2 Å². The van der Waals surface area contributed by atoms with Crippen LogP contribution in [0, 0.1) is 17.0 Å². The molecule has 2 heterocycles. The summed E-state index contributed by atoms with van der Waals surface area (Å²) in [6.07, 6.45) is 0. The lowest BCUT2D eigenvalue weighted by Crippen LogP contribution is -2.00. The van der Waals surface area contributed by atoms with Gasteiger partial charge in [-0.1, -0.05) is 0 Å². The standard InChI is InChI=1S/C18H15N5O4/c1-10-19-14-9-16(27-3)15(26-2)8-13(14)18-21-20-17(22(10)18)11-4-6-12(7-5-11)23(24)25/h4-9H,1-3H3. The molecule has 0 radical (unpaired) electrons. The maximum Gasteiger partial charge on any atom is 0.269 e. The molecule has 0 N–H and O–H groups in total. The lowest BCUT2D eigenvalue weighted by molar-refractivity contribution is -0.384. The van der Waals surface area contributed by atoms with E-state index in [0.29, 0.717) is 39.9 Å².